The van der Waals surface area contributed by atoms with Gasteiger partial charge in [0.2, 0.25) is 0 Å². The summed E-state index contributed by atoms with van der Waals surface area (Å²) in [6, 6.07) is 0. The first kappa shape index (κ1) is 10.5. The van der Waals surface area contributed by atoms with Gasteiger partial charge in [-0.25, -0.2) is 0 Å². The van der Waals surface area contributed by atoms with Crippen LogP contribution in [0.1, 0.15) is 26.2 Å². The number of hydrogen-bond acceptors (Lipinski definition) is 3. The molecule has 4 heteroatoms. The molecule has 0 saturated carbocycles. The van der Waals surface area contributed by atoms with Crippen LogP contribution in [0.15, 0.2) is 0 Å². The minimum atomic E-state index is -1.06. The highest BCUT2D eigenvalue weighted by molar-refractivity contribution is 5.79. The van der Waals surface area contributed by atoms with Gasteiger partial charge in [0.1, 0.15) is 5.54 Å². The fourth-order valence-electron chi connectivity index (χ4n) is 1.49. The van der Waals surface area contributed by atoms with Crippen LogP contribution in [0.4, 0.5) is 0 Å². The number of rotatable bonds is 5. The summed E-state index contributed by atoms with van der Waals surface area (Å²) in [4.78, 5) is 11.0. The Kier molecular flexibility index (Phi) is 3.27. The van der Waals surface area contributed by atoms with Crippen LogP contribution in [-0.2, 0) is 9.53 Å². The van der Waals surface area contributed by atoms with Gasteiger partial charge in [0.15, 0.2) is 0 Å². The van der Waals surface area contributed by atoms with Crippen LogP contribution in [0.3, 0.4) is 0 Å². The van der Waals surface area contributed by atoms with Crippen molar-refractivity contribution in [1.29, 1.82) is 0 Å². The monoisotopic (exact) mass is 187 g/mol. The van der Waals surface area contributed by atoms with E-state index in [2.05, 4.69) is 0 Å². The molecule has 0 unspecified atom stereocenters. The number of carboxylic acid groups (broad SMARTS) is 1. The Morgan fingerprint density at radius 2 is 2.31 bits per heavy atom. The molecule has 13 heavy (non-hydrogen) atoms. The van der Waals surface area contributed by atoms with E-state index in [1.165, 1.54) is 0 Å². The molecule has 0 radical (unpaired) electrons. The van der Waals surface area contributed by atoms with Crippen LogP contribution in [-0.4, -0.2) is 29.8 Å². The van der Waals surface area contributed by atoms with Crippen molar-refractivity contribution in [2.75, 3.05) is 13.2 Å². The zero-order valence-corrected chi connectivity index (χ0v) is 7.95. The summed E-state index contributed by atoms with van der Waals surface area (Å²) in [5, 5.41) is 9.01. The third-order valence-corrected chi connectivity index (χ3v) is 2.71. The topological polar surface area (TPSA) is 72.6 Å². The summed E-state index contributed by atoms with van der Waals surface area (Å²) in [6.07, 6.45) is 2.38. The van der Waals surface area contributed by atoms with Crippen LogP contribution >= 0.6 is 0 Å². The van der Waals surface area contributed by atoms with Crippen LogP contribution in [0, 0.1) is 5.92 Å². The molecular formula is C9H17NO3. The van der Waals surface area contributed by atoms with E-state index in [0.29, 0.717) is 19.6 Å². The molecule has 1 aliphatic heterocycles. The van der Waals surface area contributed by atoms with Gasteiger partial charge in [-0.15, -0.1) is 0 Å². The van der Waals surface area contributed by atoms with Crippen molar-refractivity contribution in [3.63, 3.8) is 0 Å². The molecule has 76 valence electrons. The molecule has 1 atom stereocenters. The Labute approximate surface area is 78.1 Å². The van der Waals surface area contributed by atoms with Crippen molar-refractivity contribution < 1.29 is 14.6 Å². The van der Waals surface area contributed by atoms with Gasteiger partial charge in [0, 0.05) is 5.92 Å². The predicted octanol–water partition coefficient (Wildman–Crippen LogP) is 0.605. The van der Waals surface area contributed by atoms with Gasteiger partial charge in [-0.2, -0.15) is 0 Å². The Bertz CT molecular complexity index is 191. The molecule has 0 spiro atoms. The molecule has 0 amide bonds. The Morgan fingerprint density at radius 3 is 2.62 bits per heavy atom. The molecule has 0 aromatic carbocycles. The van der Waals surface area contributed by atoms with Crippen molar-refractivity contribution >= 4 is 5.97 Å². The summed E-state index contributed by atoms with van der Waals surface area (Å²) in [7, 11) is 0. The second-order valence-electron chi connectivity index (χ2n) is 3.68. The smallest absolute Gasteiger partial charge is 0.324 e. The minimum Gasteiger partial charge on any atom is -0.480 e. The van der Waals surface area contributed by atoms with E-state index >= 15 is 0 Å². The molecular weight excluding hydrogens is 170 g/mol. The molecule has 4 nitrogen and oxygen atoms in total. The number of unbranched alkanes of at least 4 members (excludes halogenated alkanes) is 1. The van der Waals surface area contributed by atoms with E-state index in [4.69, 9.17) is 15.6 Å². The van der Waals surface area contributed by atoms with Gasteiger partial charge in [0.05, 0.1) is 13.2 Å². The minimum absolute atomic E-state index is 0.00319. The number of carboxylic acids is 1. The molecule has 0 bridgehead atoms. The van der Waals surface area contributed by atoms with E-state index < -0.39 is 11.5 Å². The van der Waals surface area contributed by atoms with E-state index in [1.807, 2.05) is 6.92 Å². The standard InChI is InChI=1S/C9H17NO3/c1-2-3-4-9(10,8(11)12)7-5-13-6-7/h7H,2-6,10H2,1H3,(H,11,12)/t9-/m0/s1. The van der Waals surface area contributed by atoms with Crippen LogP contribution in [0.25, 0.3) is 0 Å². The highest BCUT2D eigenvalue weighted by Gasteiger charge is 2.45. The van der Waals surface area contributed by atoms with Crippen LogP contribution in [0.5, 0.6) is 0 Å². The third-order valence-electron chi connectivity index (χ3n) is 2.71. The lowest BCUT2D eigenvalue weighted by Gasteiger charge is -2.39. The summed E-state index contributed by atoms with van der Waals surface area (Å²) in [6.45, 7) is 3.01. The number of carbonyl (C=O) groups is 1. The number of nitrogens with two attached hydrogens (primary N) is 1. The van der Waals surface area contributed by atoms with Gasteiger partial charge in [-0.05, 0) is 6.42 Å². The maximum Gasteiger partial charge on any atom is 0.324 e. The molecule has 0 aromatic rings. The fraction of sp³-hybridized carbons (Fsp3) is 0.889. The van der Waals surface area contributed by atoms with Crippen molar-refractivity contribution in [3.8, 4) is 0 Å². The average molecular weight is 187 g/mol. The van der Waals surface area contributed by atoms with Crippen molar-refractivity contribution in [1.82, 2.24) is 0 Å². The maximum atomic E-state index is 11.0. The van der Waals surface area contributed by atoms with Crippen LogP contribution < -0.4 is 5.73 Å². The molecule has 1 saturated heterocycles. The zero-order valence-electron chi connectivity index (χ0n) is 7.95. The Hall–Kier alpha value is -0.610. The fourth-order valence-corrected chi connectivity index (χ4v) is 1.49. The second-order valence-corrected chi connectivity index (χ2v) is 3.68. The van der Waals surface area contributed by atoms with E-state index in [0.717, 1.165) is 12.8 Å². The lowest BCUT2D eigenvalue weighted by molar-refractivity contribution is -0.156. The van der Waals surface area contributed by atoms with E-state index in [-0.39, 0.29) is 5.92 Å². The molecule has 0 aromatic heterocycles. The molecule has 1 rings (SSSR count). The van der Waals surface area contributed by atoms with E-state index in [1.54, 1.807) is 0 Å². The van der Waals surface area contributed by atoms with Gasteiger partial charge in [0.25, 0.3) is 0 Å². The second kappa shape index (κ2) is 4.07. The third kappa shape index (κ3) is 2.00. The summed E-state index contributed by atoms with van der Waals surface area (Å²) >= 11 is 0. The summed E-state index contributed by atoms with van der Waals surface area (Å²) < 4.78 is 4.97. The Balaban J connectivity index is 2.56. The maximum absolute atomic E-state index is 11.0. The van der Waals surface area contributed by atoms with Gasteiger partial charge < -0.3 is 15.6 Å². The highest BCUT2D eigenvalue weighted by atomic mass is 16.5. The lowest BCUT2D eigenvalue weighted by Crippen LogP contribution is -2.60. The molecule has 1 fully saturated rings. The van der Waals surface area contributed by atoms with Gasteiger partial charge >= 0.3 is 5.97 Å². The number of ether oxygens (including phenoxy) is 1. The molecule has 1 heterocycles. The first-order valence-corrected chi connectivity index (χ1v) is 4.71. The van der Waals surface area contributed by atoms with Crippen molar-refractivity contribution in [2.45, 2.75) is 31.7 Å². The van der Waals surface area contributed by atoms with E-state index in [9.17, 15) is 4.79 Å². The molecule has 3 N–H and O–H groups in total. The first-order valence-electron chi connectivity index (χ1n) is 4.71. The SMILES string of the molecule is CCCC[C@@](N)(C(=O)O)C1COC1. The molecule has 0 aliphatic carbocycles. The van der Waals surface area contributed by atoms with Crippen molar-refractivity contribution in [2.24, 2.45) is 11.7 Å². The Morgan fingerprint density at radius 1 is 1.69 bits per heavy atom. The van der Waals surface area contributed by atoms with Gasteiger partial charge in [-0.3, -0.25) is 4.79 Å². The predicted molar refractivity (Wildman–Crippen MR) is 48.4 cm³/mol. The quantitative estimate of drug-likeness (QED) is 0.661. The average Bonchev–Trinajstić information content (AvgIpc) is 1.97. The zero-order chi connectivity index (χ0) is 9.90. The highest BCUT2D eigenvalue weighted by Crippen LogP contribution is 2.27. The largest absolute Gasteiger partial charge is 0.480 e. The molecule has 1 aliphatic rings. The first-order chi connectivity index (χ1) is 6.11. The normalized spacial score (nSPS) is 22.0. The summed E-state index contributed by atoms with van der Waals surface area (Å²) in [5.41, 5.74) is 4.79. The van der Waals surface area contributed by atoms with Crippen molar-refractivity contribution in [3.05, 3.63) is 0 Å². The van der Waals surface area contributed by atoms with Crippen LogP contribution in [0.2, 0.25) is 0 Å². The lowest BCUT2D eigenvalue weighted by atomic mass is 9.79. The van der Waals surface area contributed by atoms with Gasteiger partial charge in [-0.1, -0.05) is 19.8 Å². The summed E-state index contributed by atoms with van der Waals surface area (Å²) in [5.74, 6) is -0.897. The number of aliphatic carboxylic acids is 1. The number of hydrogen-bond donors (Lipinski definition) is 2.